The zero-order valence-electron chi connectivity index (χ0n) is 11.0. The van der Waals surface area contributed by atoms with Crippen molar-refractivity contribution >= 4 is 23.2 Å². The highest BCUT2D eigenvalue weighted by Crippen LogP contribution is 2.31. The van der Waals surface area contributed by atoms with E-state index in [1.54, 1.807) is 12.1 Å². The molecule has 4 nitrogen and oxygen atoms in total. The van der Waals surface area contributed by atoms with Gasteiger partial charge < -0.3 is 5.32 Å². The summed E-state index contributed by atoms with van der Waals surface area (Å²) in [5.41, 5.74) is 0.410. The molecule has 0 spiro atoms. The number of hydrogen-bond donors (Lipinski definition) is 2. The summed E-state index contributed by atoms with van der Waals surface area (Å²) in [4.78, 5) is 23.3. The Hall–Kier alpha value is -2.83. The molecular formula is C15H9F3N2O2. The van der Waals surface area contributed by atoms with E-state index in [2.05, 4.69) is 10.6 Å². The third kappa shape index (κ3) is 2.41. The molecule has 0 saturated carbocycles. The van der Waals surface area contributed by atoms with Crippen molar-refractivity contribution in [3.05, 3.63) is 59.2 Å². The third-order valence-electron chi connectivity index (χ3n) is 3.25. The number of benzene rings is 2. The Morgan fingerprint density at radius 2 is 1.59 bits per heavy atom. The number of anilines is 2. The molecule has 1 aliphatic heterocycles. The van der Waals surface area contributed by atoms with E-state index in [1.807, 2.05) is 0 Å². The predicted octanol–water partition coefficient (Wildman–Crippen LogP) is 3.33. The summed E-state index contributed by atoms with van der Waals surface area (Å²) in [7, 11) is 0. The van der Waals surface area contributed by atoms with Gasteiger partial charge in [-0.05, 0) is 36.4 Å². The van der Waals surface area contributed by atoms with Gasteiger partial charge in [-0.3, -0.25) is 14.9 Å². The van der Waals surface area contributed by atoms with Gasteiger partial charge in [0.25, 0.3) is 11.8 Å². The van der Waals surface area contributed by atoms with Crippen LogP contribution < -0.4 is 10.6 Å². The van der Waals surface area contributed by atoms with E-state index in [4.69, 9.17) is 0 Å². The van der Waals surface area contributed by atoms with Gasteiger partial charge in [0.05, 0.1) is 22.4 Å². The molecule has 2 N–H and O–H groups in total. The fraction of sp³-hybridized carbons (Fsp3) is 0.0667. The Morgan fingerprint density at radius 3 is 2.23 bits per heavy atom. The zero-order chi connectivity index (χ0) is 15.9. The number of hydrogen-bond acceptors (Lipinski definition) is 3. The summed E-state index contributed by atoms with van der Waals surface area (Å²) in [5, 5.41) is 5.02. The number of imide groups is 1. The SMILES string of the molecule is O=C1NC(=O)c2c(Nc3ccc(C(F)(F)F)cc3)cccc21. The monoisotopic (exact) mass is 306 g/mol. The number of carbonyl (C=O) groups is 2. The van der Waals surface area contributed by atoms with Crippen molar-refractivity contribution in [3.63, 3.8) is 0 Å². The van der Waals surface area contributed by atoms with Gasteiger partial charge in [0.15, 0.2) is 0 Å². The van der Waals surface area contributed by atoms with E-state index in [1.165, 1.54) is 18.2 Å². The molecule has 0 atom stereocenters. The van der Waals surface area contributed by atoms with Crippen molar-refractivity contribution in [3.8, 4) is 0 Å². The van der Waals surface area contributed by atoms with Crippen molar-refractivity contribution in [2.75, 3.05) is 5.32 Å². The molecule has 1 heterocycles. The van der Waals surface area contributed by atoms with Crippen LogP contribution in [-0.2, 0) is 6.18 Å². The topological polar surface area (TPSA) is 58.2 Å². The van der Waals surface area contributed by atoms with E-state index in [0.717, 1.165) is 12.1 Å². The first-order valence-electron chi connectivity index (χ1n) is 6.29. The molecule has 0 fully saturated rings. The van der Waals surface area contributed by atoms with Gasteiger partial charge in [-0.25, -0.2) is 0 Å². The molecule has 0 saturated heterocycles. The molecule has 0 aliphatic carbocycles. The molecule has 3 rings (SSSR count). The largest absolute Gasteiger partial charge is 0.416 e. The summed E-state index contributed by atoms with van der Waals surface area (Å²) >= 11 is 0. The molecule has 0 bridgehead atoms. The molecule has 0 radical (unpaired) electrons. The lowest BCUT2D eigenvalue weighted by atomic mass is 10.1. The van der Waals surface area contributed by atoms with Gasteiger partial charge in [0.2, 0.25) is 0 Å². The Labute approximate surface area is 122 Å². The Morgan fingerprint density at radius 1 is 0.909 bits per heavy atom. The average Bonchev–Trinajstić information content (AvgIpc) is 2.75. The summed E-state index contributed by atoms with van der Waals surface area (Å²) in [6.45, 7) is 0. The quantitative estimate of drug-likeness (QED) is 0.837. The molecule has 2 aromatic carbocycles. The first kappa shape index (κ1) is 14.1. The second kappa shape index (κ2) is 4.87. The second-order valence-electron chi connectivity index (χ2n) is 4.71. The highest BCUT2D eigenvalue weighted by Gasteiger charge is 2.31. The van der Waals surface area contributed by atoms with Crippen LogP contribution in [0.15, 0.2) is 42.5 Å². The molecule has 2 amide bonds. The smallest absolute Gasteiger partial charge is 0.355 e. The van der Waals surface area contributed by atoms with Crippen molar-refractivity contribution in [1.29, 1.82) is 0 Å². The van der Waals surface area contributed by atoms with Crippen LogP contribution in [0.2, 0.25) is 0 Å². The van der Waals surface area contributed by atoms with Crippen molar-refractivity contribution in [2.45, 2.75) is 6.18 Å². The first-order chi connectivity index (χ1) is 10.4. The van der Waals surface area contributed by atoms with E-state index in [9.17, 15) is 22.8 Å². The standard InChI is InChI=1S/C15H9F3N2O2/c16-15(17,18)8-4-6-9(7-5-8)19-11-3-1-2-10-12(11)14(22)20-13(10)21/h1-7,19H,(H,20,21,22). The van der Waals surface area contributed by atoms with Gasteiger partial charge in [0, 0.05) is 5.69 Å². The number of fused-ring (bicyclic) bond motifs is 1. The molecule has 22 heavy (non-hydrogen) atoms. The minimum atomic E-state index is -4.40. The lowest BCUT2D eigenvalue weighted by Gasteiger charge is -2.11. The number of nitrogens with one attached hydrogen (secondary N) is 2. The molecule has 7 heteroatoms. The van der Waals surface area contributed by atoms with Crippen molar-refractivity contribution in [2.24, 2.45) is 0 Å². The van der Waals surface area contributed by atoms with Gasteiger partial charge in [-0.2, -0.15) is 13.2 Å². The third-order valence-corrected chi connectivity index (χ3v) is 3.25. The fourth-order valence-corrected chi connectivity index (χ4v) is 2.22. The lowest BCUT2D eigenvalue weighted by molar-refractivity contribution is -0.137. The average molecular weight is 306 g/mol. The molecule has 0 aromatic heterocycles. The molecular weight excluding hydrogens is 297 g/mol. The number of rotatable bonds is 2. The van der Waals surface area contributed by atoms with Crippen molar-refractivity contribution < 1.29 is 22.8 Å². The van der Waals surface area contributed by atoms with Crippen LogP contribution in [0.1, 0.15) is 26.3 Å². The summed E-state index contributed by atoms with van der Waals surface area (Å²) in [6, 6.07) is 9.08. The normalized spacial score (nSPS) is 13.8. The number of alkyl halides is 3. The van der Waals surface area contributed by atoms with E-state index >= 15 is 0 Å². The zero-order valence-corrected chi connectivity index (χ0v) is 11.0. The van der Waals surface area contributed by atoms with Crippen LogP contribution in [0.4, 0.5) is 24.5 Å². The second-order valence-corrected chi connectivity index (χ2v) is 4.71. The van der Waals surface area contributed by atoms with Crippen molar-refractivity contribution in [1.82, 2.24) is 5.32 Å². The predicted molar refractivity (Wildman–Crippen MR) is 73.0 cm³/mol. The molecule has 2 aromatic rings. The van der Waals surface area contributed by atoms with Gasteiger partial charge >= 0.3 is 6.18 Å². The van der Waals surface area contributed by atoms with Crippen LogP contribution >= 0.6 is 0 Å². The fourth-order valence-electron chi connectivity index (χ4n) is 2.22. The van der Waals surface area contributed by atoms with Gasteiger partial charge in [-0.15, -0.1) is 0 Å². The first-order valence-corrected chi connectivity index (χ1v) is 6.29. The molecule has 0 unspecified atom stereocenters. The van der Waals surface area contributed by atoms with Crippen LogP contribution in [0.25, 0.3) is 0 Å². The number of halogens is 3. The van der Waals surface area contributed by atoms with Crippen LogP contribution in [0, 0.1) is 0 Å². The minimum absolute atomic E-state index is 0.187. The molecule has 112 valence electrons. The lowest BCUT2D eigenvalue weighted by Crippen LogP contribution is -2.20. The number of amides is 2. The highest BCUT2D eigenvalue weighted by molar-refractivity contribution is 6.24. The summed E-state index contributed by atoms with van der Waals surface area (Å²) < 4.78 is 37.5. The van der Waals surface area contributed by atoms with Gasteiger partial charge in [-0.1, -0.05) is 6.07 Å². The van der Waals surface area contributed by atoms with Gasteiger partial charge in [0.1, 0.15) is 0 Å². The van der Waals surface area contributed by atoms with Crippen LogP contribution in [0.5, 0.6) is 0 Å². The Kier molecular flexibility index (Phi) is 3.13. The Balaban J connectivity index is 1.92. The Bertz CT molecular complexity index is 767. The number of carbonyl (C=O) groups excluding carboxylic acids is 2. The minimum Gasteiger partial charge on any atom is -0.355 e. The molecule has 1 aliphatic rings. The maximum Gasteiger partial charge on any atom is 0.416 e. The van der Waals surface area contributed by atoms with E-state index in [-0.39, 0.29) is 11.1 Å². The van der Waals surface area contributed by atoms with Crippen LogP contribution in [0.3, 0.4) is 0 Å². The van der Waals surface area contributed by atoms with E-state index in [0.29, 0.717) is 11.4 Å². The highest BCUT2D eigenvalue weighted by atomic mass is 19.4. The summed E-state index contributed by atoms with van der Waals surface area (Å²) in [5.74, 6) is -1.02. The van der Waals surface area contributed by atoms with Crippen LogP contribution in [-0.4, -0.2) is 11.8 Å². The maximum absolute atomic E-state index is 12.5. The summed E-state index contributed by atoms with van der Waals surface area (Å²) in [6.07, 6.45) is -4.40. The van der Waals surface area contributed by atoms with E-state index < -0.39 is 23.6 Å². The maximum atomic E-state index is 12.5.